The SMILES string of the molecule is O=C(Nc1cccc(S(=O)(=O)N2CCCCCC2)c1)c1cccc(OC(F)F)c1. The first-order valence-electron chi connectivity index (χ1n) is 9.33. The Morgan fingerprint density at radius 2 is 1.69 bits per heavy atom. The Hall–Kier alpha value is -2.52. The number of benzene rings is 2. The first-order valence-corrected chi connectivity index (χ1v) is 10.8. The molecule has 1 aliphatic rings. The van der Waals surface area contributed by atoms with Crippen molar-refractivity contribution in [1.29, 1.82) is 0 Å². The molecule has 3 rings (SSSR count). The molecule has 9 heteroatoms. The third-order valence-electron chi connectivity index (χ3n) is 4.62. The van der Waals surface area contributed by atoms with E-state index in [0.29, 0.717) is 18.8 Å². The normalized spacial score (nSPS) is 15.7. The maximum atomic E-state index is 12.9. The van der Waals surface area contributed by atoms with Crippen molar-refractivity contribution in [3.05, 3.63) is 54.1 Å². The van der Waals surface area contributed by atoms with E-state index in [9.17, 15) is 22.0 Å². The van der Waals surface area contributed by atoms with Gasteiger partial charge in [-0.15, -0.1) is 0 Å². The van der Waals surface area contributed by atoms with Crippen LogP contribution in [0.25, 0.3) is 0 Å². The molecule has 1 amide bonds. The van der Waals surface area contributed by atoms with Gasteiger partial charge in [0.1, 0.15) is 5.75 Å². The molecule has 1 saturated heterocycles. The maximum Gasteiger partial charge on any atom is 0.387 e. The topological polar surface area (TPSA) is 75.7 Å². The summed E-state index contributed by atoms with van der Waals surface area (Å²) in [7, 11) is -3.65. The van der Waals surface area contributed by atoms with Gasteiger partial charge in [0.05, 0.1) is 4.90 Å². The Balaban J connectivity index is 1.76. The van der Waals surface area contributed by atoms with Crippen molar-refractivity contribution in [2.75, 3.05) is 18.4 Å². The lowest BCUT2D eigenvalue weighted by Gasteiger charge is -2.20. The average Bonchev–Trinajstić information content (AvgIpc) is 2.98. The van der Waals surface area contributed by atoms with E-state index in [4.69, 9.17) is 0 Å². The van der Waals surface area contributed by atoms with Crippen molar-refractivity contribution in [3.8, 4) is 5.75 Å². The predicted octanol–water partition coefficient (Wildman–Crippen LogP) is 4.11. The van der Waals surface area contributed by atoms with Gasteiger partial charge in [0.2, 0.25) is 10.0 Å². The van der Waals surface area contributed by atoms with Crippen LogP contribution in [0.4, 0.5) is 14.5 Å². The van der Waals surface area contributed by atoms with Crippen LogP contribution in [0.2, 0.25) is 0 Å². The van der Waals surface area contributed by atoms with E-state index in [-0.39, 0.29) is 16.2 Å². The maximum absolute atomic E-state index is 12.9. The summed E-state index contributed by atoms with van der Waals surface area (Å²) < 4.78 is 56.3. The van der Waals surface area contributed by atoms with Gasteiger partial charge in [-0.1, -0.05) is 25.0 Å². The molecule has 156 valence electrons. The molecule has 0 atom stereocenters. The molecule has 1 N–H and O–H groups in total. The van der Waals surface area contributed by atoms with Crippen molar-refractivity contribution in [2.45, 2.75) is 37.2 Å². The molecule has 0 unspecified atom stereocenters. The Morgan fingerprint density at radius 1 is 1.00 bits per heavy atom. The quantitative estimate of drug-likeness (QED) is 0.757. The number of rotatable bonds is 6. The van der Waals surface area contributed by atoms with Gasteiger partial charge < -0.3 is 10.1 Å². The summed E-state index contributed by atoms with van der Waals surface area (Å²) in [4.78, 5) is 12.5. The number of nitrogens with one attached hydrogen (secondary N) is 1. The molecule has 0 radical (unpaired) electrons. The minimum Gasteiger partial charge on any atom is -0.435 e. The number of hydrogen-bond acceptors (Lipinski definition) is 4. The zero-order valence-corrected chi connectivity index (χ0v) is 16.5. The number of carbonyl (C=O) groups is 1. The van der Waals surface area contributed by atoms with Gasteiger partial charge in [-0.05, 0) is 49.2 Å². The number of hydrogen-bond donors (Lipinski definition) is 1. The van der Waals surface area contributed by atoms with Crippen LogP contribution in [0, 0.1) is 0 Å². The highest BCUT2D eigenvalue weighted by Crippen LogP contribution is 2.23. The van der Waals surface area contributed by atoms with Crippen molar-refractivity contribution >= 4 is 21.6 Å². The third kappa shape index (κ3) is 5.51. The fraction of sp³-hybridized carbons (Fsp3) is 0.350. The minimum atomic E-state index is -3.65. The van der Waals surface area contributed by atoms with Crippen LogP contribution in [0.3, 0.4) is 0 Å². The van der Waals surface area contributed by atoms with E-state index in [1.165, 1.54) is 40.7 Å². The number of ether oxygens (including phenoxy) is 1. The number of anilines is 1. The molecule has 0 saturated carbocycles. The molecular formula is C20H22F2N2O4S. The predicted molar refractivity (Wildman–Crippen MR) is 105 cm³/mol. The first-order chi connectivity index (χ1) is 13.9. The minimum absolute atomic E-state index is 0.104. The van der Waals surface area contributed by atoms with Crippen molar-refractivity contribution < 1.29 is 26.7 Å². The number of alkyl halides is 2. The van der Waals surface area contributed by atoms with Crippen molar-refractivity contribution in [2.24, 2.45) is 0 Å². The van der Waals surface area contributed by atoms with Gasteiger partial charge >= 0.3 is 6.61 Å². The number of carbonyl (C=O) groups excluding carboxylic acids is 1. The van der Waals surface area contributed by atoms with Crippen LogP contribution in [0.5, 0.6) is 5.75 Å². The summed E-state index contributed by atoms with van der Waals surface area (Å²) in [6.07, 6.45) is 3.67. The Morgan fingerprint density at radius 3 is 2.38 bits per heavy atom. The number of nitrogens with zero attached hydrogens (tertiary/aromatic N) is 1. The third-order valence-corrected chi connectivity index (χ3v) is 6.51. The van der Waals surface area contributed by atoms with Gasteiger partial charge in [-0.2, -0.15) is 13.1 Å². The Bertz CT molecular complexity index is 958. The van der Waals surface area contributed by atoms with E-state index >= 15 is 0 Å². The van der Waals surface area contributed by atoms with Crippen molar-refractivity contribution in [1.82, 2.24) is 4.31 Å². The molecule has 6 nitrogen and oxygen atoms in total. The molecule has 0 spiro atoms. The fourth-order valence-electron chi connectivity index (χ4n) is 3.18. The summed E-state index contributed by atoms with van der Waals surface area (Å²) in [6.45, 7) is -2.03. The molecular weight excluding hydrogens is 402 g/mol. The molecule has 1 aliphatic heterocycles. The summed E-state index contributed by atoms with van der Waals surface area (Å²) in [5.74, 6) is -0.695. The highest BCUT2D eigenvalue weighted by molar-refractivity contribution is 7.89. The van der Waals surface area contributed by atoms with Gasteiger partial charge in [0.25, 0.3) is 5.91 Å². The van der Waals surface area contributed by atoms with Crippen LogP contribution in [0.1, 0.15) is 36.0 Å². The van der Waals surface area contributed by atoms with Gasteiger partial charge in [-0.3, -0.25) is 4.79 Å². The van der Waals surface area contributed by atoms with Crippen LogP contribution in [0.15, 0.2) is 53.4 Å². The van der Waals surface area contributed by atoms with Crippen LogP contribution in [-0.4, -0.2) is 38.3 Å². The van der Waals surface area contributed by atoms with E-state index in [2.05, 4.69) is 10.1 Å². The first kappa shape index (κ1) is 21.2. The molecule has 0 aromatic heterocycles. The van der Waals surface area contributed by atoms with Gasteiger partial charge in [-0.25, -0.2) is 8.42 Å². The number of sulfonamides is 1. The highest BCUT2D eigenvalue weighted by atomic mass is 32.2. The summed E-state index contributed by atoms with van der Waals surface area (Å²) >= 11 is 0. The average molecular weight is 424 g/mol. The summed E-state index contributed by atoms with van der Waals surface area (Å²) in [5.41, 5.74) is 0.412. The molecule has 29 heavy (non-hydrogen) atoms. The van der Waals surface area contributed by atoms with Crippen LogP contribution < -0.4 is 10.1 Å². The Labute approximate surface area is 168 Å². The second-order valence-electron chi connectivity index (χ2n) is 6.71. The Kier molecular flexibility index (Phi) is 6.81. The van der Waals surface area contributed by atoms with Crippen LogP contribution >= 0.6 is 0 Å². The second-order valence-corrected chi connectivity index (χ2v) is 8.64. The zero-order chi connectivity index (χ0) is 20.9. The molecule has 1 fully saturated rings. The monoisotopic (exact) mass is 424 g/mol. The lowest BCUT2D eigenvalue weighted by molar-refractivity contribution is -0.0498. The van der Waals surface area contributed by atoms with Gasteiger partial charge in [0.15, 0.2) is 0 Å². The smallest absolute Gasteiger partial charge is 0.387 e. The summed E-state index contributed by atoms with van der Waals surface area (Å²) in [5, 5.41) is 2.60. The number of halogens is 2. The van der Waals surface area contributed by atoms with E-state index in [1.807, 2.05) is 0 Å². The van der Waals surface area contributed by atoms with Crippen LogP contribution in [-0.2, 0) is 10.0 Å². The van der Waals surface area contributed by atoms with E-state index in [1.54, 1.807) is 12.1 Å². The molecule has 1 heterocycles. The van der Waals surface area contributed by atoms with E-state index < -0.39 is 22.5 Å². The zero-order valence-electron chi connectivity index (χ0n) is 15.7. The molecule has 2 aromatic rings. The second kappa shape index (κ2) is 9.32. The molecule has 0 bridgehead atoms. The molecule has 2 aromatic carbocycles. The lowest BCUT2D eigenvalue weighted by Crippen LogP contribution is -2.32. The number of amides is 1. The summed E-state index contributed by atoms with van der Waals surface area (Å²) in [6, 6.07) is 11.4. The van der Waals surface area contributed by atoms with E-state index in [0.717, 1.165) is 25.7 Å². The largest absolute Gasteiger partial charge is 0.435 e. The fourth-order valence-corrected chi connectivity index (χ4v) is 4.75. The molecule has 0 aliphatic carbocycles. The lowest BCUT2D eigenvalue weighted by atomic mass is 10.2. The van der Waals surface area contributed by atoms with Crippen molar-refractivity contribution in [3.63, 3.8) is 0 Å². The highest BCUT2D eigenvalue weighted by Gasteiger charge is 2.25. The standard InChI is InChI=1S/C20H22F2N2O4S/c21-20(22)28-17-9-5-7-15(13-17)19(25)23-16-8-6-10-18(14-16)29(26,27)24-11-3-1-2-4-12-24/h5-10,13-14,20H,1-4,11-12H2,(H,23,25). The van der Waals surface area contributed by atoms with Gasteiger partial charge in [0, 0.05) is 24.3 Å².